The van der Waals surface area contributed by atoms with E-state index in [1.54, 1.807) is 0 Å². The highest BCUT2D eigenvalue weighted by atomic mass is 16.3. The standard InChI is InChI=1S/C21H23N5O.CH2O2/c1-14(25(2)3)15-4-6-16(7-5-15)21-22-10-11-26(21)17-8-9-18-19(12-17)24-20(13-27)23-18;2-1-3/h4-12,14,27H,13H2,1-3H3,(H,23,24);1H,(H,2,3). The molecule has 0 saturated carbocycles. The van der Waals surface area contributed by atoms with Crippen LogP contribution in [-0.2, 0) is 11.4 Å². The van der Waals surface area contributed by atoms with Crippen molar-refractivity contribution in [3.8, 4) is 17.1 Å². The molecule has 1 unspecified atom stereocenters. The van der Waals surface area contributed by atoms with Crippen LogP contribution in [-0.4, -0.2) is 55.2 Å². The van der Waals surface area contributed by atoms with Crippen LogP contribution in [0.2, 0.25) is 0 Å². The smallest absolute Gasteiger partial charge is 0.290 e. The first kappa shape index (κ1) is 21.2. The van der Waals surface area contributed by atoms with Crippen LogP contribution in [0.5, 0.6) is 0 Å². The molecular formula is C22H25N5O3. The fraction of sp³-hybridized carbons (Fsp3) is 0.227. The lowest BCUT2D eigenvalue weighted by atomic mass is 10.1. The minimum absolute atomic E-state index is 0.0991. The van der Waals surface area contributed by atoms with Gasteiger partial charge in [-0.1, -0.05) is 24.3 Å². The average molecular weight is 407 g/mol. The highest BCUT2D eigenvalue weighted by Gasteiger charge is 2.12. The Hall–Kier alpha value is -3.49. The van der Waals surface area contributed by atoms with Crippen molar-refractivity contribution in [2.24, 2.45) is 0 Å². The lowest BCUT2D eigenvalue weighted by Crippen LogP contribution is -2.16. The second-order valence-electron chi connectivity index (χ2n) is 7.03. The first-order chi connectivity index (χ1) is 14.5. The summed E-state index contributed by atoms with van der Waals surface area (Å²) >= 11 is 0. The van der Waals surface area contributed by atoms with Gasteiger partial charge in [-0.05, 0) is 44.8 Å². The molecule has 3 N–H and O–H groups in total. The molecule has 1 atom stereocenters. The monoisotopic (exact) mass is 407 g/mol. The maximum Gasteiger partial charge on any atom is 0.290 e. The number of carbonyl (C=O) groups is 1. The molecular weight excluding hydrogens is 382 g/mol. The Morgan fingerprint density at radius 2 is 1.90 bits per heavy atom. The largest absolute Gasteiger partial charge is 0.483 e. The first-order valence-corrected chi connectivity index (χ1v) is 9.46. The van der Waals surface area contributed by atoms with Crippen molar-refractivity contribution in [2.45, 2.75) is 19.6 Å². The summed E-state index contributed by atoms with van der Waals surface area (Å²) in [5, 5.41) is 16.2. The summed E-state index contributed by atoms with van der Waals surface area (Å²) in [4.78, 5) is 22.6. The second-order valence-corrected chi connectivity index (χ2v) is 7.03. The molecule has 8 heteroatoms. The number of aromatic nitrogens is 4. The molecule has 0 fully saturated rings. The molecule has 30 heavy (non-hydrogen) atoms. The van der Waals surface area contributed by atoms with Crippen LogP contribution in [0, 0.1) is 0 Å². The van der Waals surface area contributed by atoms with E-state index in [2.05, 4.69) is 69.7 Å². The van der Waals surface area contributed by atoms with Crippen molar-refractivity contribution < 1.29 is 15.0 Å². The fourth-order valence-electron chi connectivity index (χ4n) is 3.21. The van der Waals surface area contributed by atoms with E-state index >= 15 is 0 Å². The van der Waals surface area contributed by atoms with E-state index in [0.29, 0.717) is 11.9 Å². The highest BCUT2D eigenvalue weighted by molar-refractivity contribution is 5.78. The average Bonchev–Trinajstić information content (AvgIpc) is 3.40. The van der Waals surface area contributed by atoms with Gasteiger partial charge in [0.2, 0.25) is 0 Å². The lowest BCUT2D eigenvalue weighted by Gasteiger charge is -2.20. The zero-order valence-electron chi connectivity index (χ0n) is 17.1. The number of rotatable bonds is 5. The third-order valence-corrected chi connectivity index (χ3v) is 5.01. The van der Waals surface area contributed by atoms with Crippen molar-refractivity contribution in [3.63, 3.8) is 0 Å². The number of benzene rings is 2. The summed E-state index contributed by atoms with van der Waals surface area (Å²) < 4.78 is 2.06. The third kappa shape index (κ3) is 4.40. The summed E-state index contributed by atoms with van der Waals surface area (Å²) in [6, 6.07) is 14.9. The molecule has 2 heterocycles. The number of nitrogens with one attached hydrogen (secondary N) is 1. The summed E-state index contributed by atoms with van der Waals surface area (Å²) in [6.45, 7) is 1.84. The molecule has 0 bridgehead atoms. The van der Waals surface area contributed by atoms with Gasteiger partial charge < -0.3 is 20.1 Å². The van der Waals surface area contributed by atoms with Crippen molar-refractivity contribution in [1.82, 2.24) is 24.4 Å². The molecule has 0 saturated heterocycles. The van der Waals surface area contributed by atoms with Crippen LogP contribution in [0.3, 0.4) is 0 Å². The van der Waals surface area contributed by atoms with Crippen LogP contribution < -0.4 is 0 Å². The van der Waals surface area contributed by atoms with Crippen molar-refractivity contribution in [1.29, 1.82) is 0 Å². The molecule has 0 spiro atoms. The number of aliphatic hydroxyl groups excluding tert-OH is 1. The maximum atomic E-state index is 9.27. The van der Waals surface area contributed by atoms with Crippen LogP contribution in [0.1, 0.15) is 24.4 Å². The number of carboxylic acid groups (broad SMARTS) is 1. The summed E-state index contributed by atoms with van der Waals surface area (Å²) in [7, 11) is 4.16. The van der Waals surface area contributed by atoms with Gasteiger partial charge in [0.05, 0.1) is 11.0 Å². The predicted molar refractivity (Wildman–Crippen MR) is 115 cm³/mol. The quantitative estimate of drug-likeness (QED) is 0.439. The topological polar surface area (TPSA) is 107 Å². The van der Waals surface area contributed by atoms with Crippen LogP contribution in [0.4, 0.5) is 0 Å². The summed E-state index contributed by atoms with van der Waals surface area (Å²) in [6.07, 6.45) is 3.76. The third-order valence-electron chi connectivity index (χ3n) is 5.01. The van der Waals surface area contributed by atoms with Crippen LogP contribution >= 0.6 is 0 Å². The summed E-state index contributed by atoms with van der Waals surface area (Å²) in [5.74, 6) is 1.46. The van der Waals surface area contributed by atoms with Crippen LogP contribution in [0.25, 0.3) is 28.1 Å². The zero-order chi connectivity index (χ0) is 21.7. The number of imidazole rings is 2. The Morgan fingerprint density at radius 1 is 1.20 bits per heavy atom. The number of aromatic amines is 1. The van der Waals surface area contributed by atoms with Crippen molar-refractivity contribution in [3.05, 3.63) is 66.2 Å². The minimum Gasteiger partial charge on any atom is -0.483 e. The Balaban J connectivity index is 0.000000806. The molecule has 0 amide bonds. The SMILES string of the molecule is CC(c1ccc(-c2nccn2-c2ccc3nc(CO)[nH]c3c2)cc1)N(C)C.O=CO. The van der Waals surface area contributed by atoms with Crippen molar-refractivity contribution in [2.75, 3.05) is 14.1 Å². The van der Waals surface area contributed by atoms with E-state index in [1.807, 2.05) is 30.6 Å². The van der Waals surface area contributed by atoms with Crippen LogP contribution in [0.15, 0.2) is 54.9 Å². The van der Waals surface area contributed by atoms with E-state index < -0.39 is 0 Å². The number of H-pyrrole nitrogens is 1. The number of nitrogens with zero attached hydrogens (tertiary/aromatic N) is 4. The van der Waals surface area contributed by atoms with Gasteiger partial charge >= 0.3 is 0 Å². The van der Waals surface area contributed by atoms with Gasteiger partial charge in [0.1, 0.15) is 18.3 Å². The first-order valence-electron chi connectivity index (χ1n) is 9.46. The van der Waals surface area contributed by atoms with E-state index in [1.165, 1.54) is 5.56 Å². The molecule has 4 rings (SSSR count). The Morgan fingerprint density at radius 3 is 2.53 bits per heavy atom. The molecule has 0 aliphatic heterocycles. The number of fused-ring (bicyclic) bond motifs is 1. The second kappa shape index (κ2) is 9.34. The van der Waals surface area contributed by atoms with E-state index in [9.17, 15) is 5.11 Å². The molecule has 0 radical (unpaired) electrons. The highest BCUT2D eigenvalue weighted by Crippen LogP contribution is 2.26. The molecule has 0 aliphatic carbocycles. The predicted octanol–water partition coefficient (Wildman–Crippen LogP) is 3.23. The molecule has 2 aromatic carbocycles. The molecule has 8 nitrogen and oxygen atoms in total. The van der Waals surface area contributed by atoms with Gasteiger partial charge in [0.15, 0.2) is 0 Å². The minimum atomic E-state index is -0.250. The number of hydrogen-bond acceptors (Lipinski definition) is 5. The van der Waals surface area contributed by atoms with E-state index in [-0.39, 0.29) is 13.1 Å². The van der Waals surface area contributed by atoms with Gasteiger partial charge in [0.25, 0.3) is 6.47 Å². The number of hydrogen-bond donors (Lipinski definition) is 3. The van der Waals surface area contributed by atoms with Gasteiger partial charge in [-0.2, -0.15) is 0 Å². The summed E-state index contributed by atoms with van der Waals surface area (Å²) in [5.41, 5.74) is 5.07. The van der Waals surface area contributed by atoms with E-state index in [4.69, 9.17) is 9.90 Å². The Kier molecular flexibility index (Phi) is 6.61. The lowest BCUT2D eigenvalue weighted by molar-refractivity contribution is -0.122. The Labute approximate surface area is 174 Å². The van der Waals surface area contributed by atoms with Gasteiger partial charge in [0, 0.05) is 29.7 Å². The fourth-order valence-corrected chi connectivity index (χ4v) is 3.21. The number of aliphatic hydroxyl groups is 1. The van der Waals surface area contributed by atoms with Gasteiger partial charge in [-0.15, -0.1) is 0 Å². The Bertz CT molecular complexity index is 1120. The normalized spacial score (nSPS) is 11.9. The van der Waals surface area contributed by atoms with Gasteiger partial charge in [-0.3, -0.25) is 9.36 Å². The van der Waals surface area contributed by atoms with Crippen molar-refractivity contribution >= 4 is 17.5 Å². The molecule has 0 aliphatic rings. The zero-order valence-corrected chi connectivity index (χ0v) is 17.1. The maximum absolute atomic E-state index is 9.27. The van der Waals surface area contributed by atoms with E-state index in [0.717, 1.165) is 28.1 Å². The molecule has 2 aromatic heterocycles. The molecule has 156 valence electrons. The van der Waals surface area contributed by atoms with Gasteiger partial charge in [-0.25, -0.2) is 9.97 Å². The molecule has 4 aromatic rings.